The number of carbonyl (C=O) groups is 2. The molecule has 0 unspecified atom stereocenters. The fourth-order valence-electron chi connectivity index (χ4n) is 4.83. The first-order valence-corrected chi connectivity index (χ1v) is 11.9. The van der Waals surface area contributed by atoms with Gasteiger partial charge in [0.05, 0.1) is 5.69 Å². The summed E-state index contributed by atoms with van der Waals surface area (Å²) in [5.41, 5.74) is 5.32. The van der Waals surface area contributed by atoms with Crippen molar-refractivity contribution in [2.24, 2.45) is 0 Å². The Morgan fingerprint density at radius 1 is 1.03 bits per heavy atom. The van der Waals surface area contributed by atoms with Crippen molar-refractivity contribution in [2.75, 3.05) is 18.4 Å². The Labute approximate surface area is 199 Å². The second-order valence-corrected chi connectivity index (χ2v) is 8.61. The normalized spacial score (nSPS) is 12.6. The number of carbonyl (C=O) groups excluding carboxylic acids is 2. The molecule has 4 aromatic rings. The summed E-state index contributed by atoms with van der Waals surface area (Å²) in [6.45, 7) is 5.69. The maximum atomic E-state index is 13.2. The van der Waals surface area contributed by atoms with Crippen molar-refractivity contribution in [2.45, 2.75) is 39.7 Å². The molecular weight excluding hydrogens is 426 g/mol. The molecule has 0 saturated carbocycles. The topological polar surface area (TPSA) is 72.2 Å². The zero-order valence-corrected chi connectivity index (χ0v) is 19.6. The van der Waals surface area contributed by atoms with E-state index in [0.717, 1.165) is 47.1 Å². The zero-order chi connectivity index (χ0) is 23.7. The van der Waals surface area contributed by atoms with Crippen LogP contribution < -0.4 is 5.32 Å². The summed E-state index contributed by atoms with van der Waals surface area (Å²) < 4.78 is 3.86. The Balaban J connectivity index is 1.37. The molecule has 174 valence electrons. The number of benzene rings is 2. The highest BCUT2D eigenvalue weighted by atomic mass is 16.2. The van der Waals surface area contributed by atoms with Crippen LogP contribution in [0, 0.1) is 0 Å². The largest absolute Gasteiger partial charge is 0.342 e. The molecule has 0 saturated heterocycles. The van der Waals surface area contributed by atoms with E-state index in [4.69, 9.17) is 0 Å². The second-order valence-electron chi connectivity index (χ2n) is 8.61. The molecule has 7 heteroatoms. The first-order chi connectivity index (χ1) is 16.6. The predicted octanol–water partition coefficient (Wildman–Crippen LogP) is 4.44. The number of amides is 2. The lowest BCUT2D eigenvalue weighted by molar-refractivity contribution is -0.131. The number of fused-ring (bicyclic) bond motifs is 2. The fourth-order valence-corrected chi connectivity index (χ4v) is 4.83. The average Bonchev–Trinajstić information content (AvgIpc) is 3.56. The number of hydrogen-bond donors (Lipinski definition) is 1. The van der Waals surface area contributed by atoms with Gasteiger partial charge in [-0.3, -0.25) is 9.59 Å². The van der Waals surface area contributed by atoms with Gasteiger partial charge in [0.1, 0.15) is 6.54 Å². The highest BCUT2D eigenvalue weighted by Gasteiger charge is 2.27. The molecule has 2 amide bonds. The van der Waals surface area contributed by atoms with Crippen LogP contribution in [0.5, 0.6) is 0 Å². The van der Waals surface area contributed by atoms with E-state index in [1.54, 1.807) is 0 Å². The molecule has 0 atom stereocenters. The van der Waals surface area contributed by atoms with E-state index in [1.807, 2.05) is 88.8 Å². The van der Waals surface area contributed by atoms with E-state index < -0.39 is 0 Å². The molecule has 0 aliphatic heterocycles. The van der Waals surface area contributed by atoms with E-state index in [-0.39, 0.29) is 11.8 Å². The molecule has 1 aliphatic rings. The minimum atomic E-state index is -0.191. The molecule has 5 rings (SSSR count). The van der Waals surface area contributed by atoms with E-state index in [2.05, 4.69) is 10.4 Å². The van der Waals surface area contributed by atoms with Crippen molar-refractivity contribution in [3.8, 4) is 5.69 Å². The predicted molar refractivity (Wildman–Crippen MR) is 133 cm³/mol. The van der Waals surface area contributed by atoms with Gasteiger partial charge < -0.3 is 14.8 Å². The van der Waals surface area contributed by atoms with E-state index in [1.165, 1.54) is 0 Å². The maximum absolute atomic E-state index is 13.2. The molecule has 1 N–H and O–H groups in total. The van der Waals surface area contributed by atoms with Crippen molar-refractivity contribution in [3.05, 3.63) is 77.7 Å². The van der Waals surface area contributed by atoms with Gasteiger partial charge in [-0.1, -0.05) is 18.2 Å². The van der Waals surface area contributed by atoms with Gasteiger partial charge in [-0.15, -0.1) is 0 Å². The summed E-state index contributed by atoms with van der Waals surface area (Å²) in [6.07, 6.45) is 4.75. The van der Waals surface area contributed by atoms with Gasteiger partial charge >= 0.3 is 0 Å². The molecule has 34 heavy (non-hydrogen) atoms. The van der Waals surface area contributed by atoms with Gasteiger partial charge in [0.25, 0.3) is 5.91 Å². The Morgan fingerprint density at radius 3 is 2.59 bits per heavy atom. The monoisotopic (exact) mass is 455 g/mol. The van der Waals surface area contributed by atoms with Gasteiger partial charge in [-0.05, 0) is 69.5 Å². The Kier molecular flexibility index (Phi) is 5.92. The van der Waals surface area contributed by atoms with Crippen LogP contribution in [0.25, 0.3) is 16.6 Å². The summed E-state index contributed by atoms with van der Waals surface area (Å²) in [6, 6.07) is 17.7. The van der Waals surface area contributed by atoms with Gasteiger partial charge in [-0.2, -0.15) is 5.10 Å². The average molecular weight is 456 g/mol. The minimum Gasteiger partial charge on any atom is -0.342 e. The van der Waals surface area contributed by atoms with Crippen LogP contribution in [0.4, 0.5) is 5.69 Å². The molecule has 0 radical (unpaired) electrons. The number of rotatable bonds is 7. The number of hydrogen-bond acceptors (Lipinski definition) is 3. The van der Waals surface area contributed by atoms with E-state index in [0.29, 0.717) is 31.0 Å². The van der Waals surface area contributed by atoms with Crippen LogP contribution in [0.15, 0.2) is 60.8 Å². The summed E-state index contributed by atoms with van der Waals surface area (Å²) in [5.74, 6) is -0.0916. The molecule has 2 heterocycles. The van der Waals surface area contributed by atoms with Crippen molar-refractivity contribution in [1.29, 1.82) is 0 Å². The lowest BCUT2D eigenvalue weighted by atomic mass is 10.2. The van der Waals surface area contributed by atoms with Gasteiger partial charge in [-0.25, -0.2) is 4.68 Å². The quantitative estimate of drug-likeness (QED) is 0.448. The summed E-state index contributed by atoms with van der Waals surface area (Å²) >= 11 is 0. The standard InChI is InChI=1S/C27H29N5O2/c1-3-30(4-2)25(33)18-31-16-15-19-17-20(13-14-23(19)31)28-27(34)26-22-11-8-12-24(22)32(29-26)21-9-6-5-7-10-21/h5-7,9-10,13-17H,3-4,8,11-12,18H2,1-2H3,(H,28,34). The van der Waals surface area contributed by atoms with E-state index in [9.17, 15) is 9.59 Å². The van der Waals surface area contributed by atoms with Crippen LogP contribution in [-0.2, 0) is 24.2 Å². The molecule has 2 aromatic heterocycles. The zero-order valence-electron chi connectivity index (χ0n) is 19.6. The van der Waals surface area contributed by atoms with Crippen molar-refractivity contribution in [1.82, 2.24) is 19.2 Å². The highest BCUT2D eigenvalue weighted by Crippen LogP contribution is 2.29. The van der Waals surface area contributed by atoms with Crippen LogP contribution in [0.3, 0.4) is 0 Å². The number of nitrogens with zero attached hydrogens (tertiary/aromatic N) is 4. The van der Waals surface area contributed by atoms with Crippen LogP contribution in [0.1, 0.15) is 42.0 Å². The van der Waals surface area contributed by atoms with Crippen molar-refractivity contribution in [3.63, 3.8) is 0 Å². The number of para-hydroxylation sites is 1. The van der Waals surface area contributed by atoms with Gasteiger partial charge in [0.15, 0.2) is 5.69 Å². The number of aromatic nitrogens is 3. The third-order valence-electron chi connectivity index (χ3n) is 6.60. The lowest BCUT2D eigenvalue weighted by Gasteiger charge is -2.19. The Hall–Kier alpha value is -3.87. The SMILES string of the molecule is CCN(CC)C(=O)Cn1ccc2cc(NC(=O)c3nn(-c4ccccc4)c4c3CCC4)ccc21. The second kappa shape index (κ2) is 9.17. The lowest BCUT2D eigenvalue weighted by Crippen LogP contribution is -2.33. The van der Waals surface area contributed by atoms with Gasteiger partial charge in [0.2, 0.25) is 5.91 Å². The van der Waals surface area contributed by atoms with Crippen LogP contribution in [-0.4, -0.2) is 44.2 Å². The first kappa shape index (κ1) is 21.9. The fraction of sp³-hybridized carbons (Fsp3) is 0.296. The summed E-state index contributed by atoms with van der Waals surface area (Å²) in [5, 5.41) is 8.70. The first-order valence-electron chi connectivity index (χ1n) is 11.9. The third kappa shape index (κ3) is 3.98. The third-order valence-corrected chi connectivity index (χ3v) is 6.60. The molecule has 0 bridgehead atoms. The van der Waals surface area contributed by atoms with Crippen molar-refractivity contribution >= 4 is 28.4 Å². The maximum Gasteiger partial charge on any atom is 0.276 e. The van der Waals surface area contributed by atoms with Crippen LogP contribution >= 0.6 is 0 Å². The molecule has 7 nitrogen and oxygen atoms in total. The summed E-state index contributed by atoms with van der Waals surface area (Å²) in [7, 11) is 0. The van der Waals surface area contributed by atoms with Gasteiger partial charge in [0, 0.05) is 47.1 Å². The molecule has 1 aliphatic carbocycles. The minimum absolute atomic E-state index is 0.0998. The van der Waals surface area contributed by atoms with E-state index >= 15 is 0 Å². The summed E-state index contributed by atoms with van der Waals surface area (Å²) in [4.78, 5) is 27.6. The molecule has 0 spiro atoms. The Morgan fingerprint density at radius 2 is 1.82 bits per heavy atom. The molecule has 2 aromatic carbocycles. The molecular formula is C27H29N5O2. The number of anilines is 1. The smallest absolute Gasteiger partial charge is 0.276 e. The highest BCUT2D eigenvalue weighted by molar-refractivity contribution is 6.05. The Bertz CT molecular complexity index is 1350. The van der Waals surface area contributed by atoms with Crippen LogP contribution in [0.2, 0.25) is 0 Å². The number of nitrogens with one attached hydrogen (secondary N) is 1. The molecule has 0 fully saturated rings. The van der Waals surface area contributed by atoms with Crippen molar-refractivity contribution < 1.29 is 9.59 Å². The number of likely N-dealkylation sites (N-methyl/N-ethyl adjacent to an activating group) is 1.